The fourth-order valence-electron chi connectivity index (χ4n) is 2.06. The van der Waals surface area contributed by atoms with E-state index in [2.05, 4.69) is 4.98 Å². The lowest BCUT2D eigenvalue weighted by Gasteiger charge is -2.33. The summed E-state index contributed by atoms with van der Waals surface area (Å²) in [7, 11) is 0. The Kier molecular flexibility index (Phi) is 5.50. The van der Waals surface area contributed by atoms with E-state index in [0.29, 0.717) is 13.0 Å². The highest BCUT2D eigenvalue weighted by atomic mass is 32.1. The van der Waals surface area contributed by atoms with Crippen LogP contribution < -0.4 is 5.73 Å². The molecule has 1 rings (SSSR count). The molecule has 0 bridgehead atoms. The van der Waals surface area contributed by atoms with Crippen molar-refractivity contribution in [2.24, 2.45) is 17.1 Å². The highest BCUT2D eigenvalue weighted by Gasteiger charge is 2.42. The Hall–Kier alpha value is -0.940. The maximum atomic E-state index is 12.3. The van der Waals surface area contributed by atoms with Gasteiger partial charge < -0.3 is 10.5 Å². The van der Waals surface area contributed by atoms with Crippen LogP contribution in [0, 0.1) is 25.2 Å². The van der Waals surface area contributed by atoms with Crippen molar-refractivity contribution in [1.29, 1.82) is 0 Å². The van der Waals surface area contributed by atoms with Gasteiger partial charge in [0, 0.05) is 17.8 Å². The van der Waals surface area contributed by atoms with Crippen molar-refractivity contribution < 1.29 is 9.53 Å². The molecule has 4 nitrogen and oxygen atoms in total. The third kappa shape index (κ3) is 3.34. The summed E-state index contributed by atoms with van der Waals surface area (Å²) in [6.07, 6.45) is 0.555. The molecule has 0 fully saturated rings. The van der Waals surface area contributed by atoms with Crippen molar-refractivity contribution in [3.63, 3.8) is 0 Å². The zero-order chi connectivity index (χ0) is 14.6. The monoisotopic (exact) mass is 284 g/mol. The van der Waals surface area contributed by atoms with Crippen LogP contribution in [-0.4, -0.2) is 24.1 Å². The molecule has 0 aliphatic rings. The van der Waals surface area contributed by atoms with Crippen molar-refractivity contribution in [1.82, 2.24) is 4.98 Å². The van der Waals surface area contributed by atoms with Gasteiger partial charge in [0.25, 0.3) is 0 Å². The van der Waals surface area contributed by atoms with Crippen molar-refractivity contribution >= 4 is 17.3 Å². The summed E-state index contributed by atoms with van der Waals surface area (Å²) in [5.74, 6) is -0.0981. The molecule has 0 saturated heterocycles. The molecule has 108 valence electrons. The summed E-state index contributed by atoms with van der Waals surface area (Å²) in [6.45, 7) is 10.5. The van der Waals surface area contributed by atoms with Crippen LogP contribution in [-0.2, 0) is 16.0 Å². The van der Waals surface area contributed by atoms with Gasteiger partial charge in [-0.2, -0.15) is 0 Å². The number of carbonyl (C=O) groups is 1. The number of rotatable bonds is 6. The number of esters is 1. The molecule has 1 heterocycles. The average Bonchev–Trinajstić information content (AvgIpc) is 2.65. The normalized spacial score (nSPS) is 14.5. The highest BCUT2D eigenvalue weighted by molar-refractivity contribution is 7.11. The van der Waals surface area contributed by atoms with Gasteiger partial charge in [0.15, 0.2) is 0 Å². The molecule has 0 aliphatic heterocycles. The molecule has 0 saturated carbocycles. The van der Waals surface area contributed by atoms with Crippen molar-refractivity contribution in [2.45, 2.75) is 41.0 Å². The van der Waals surface area contributed by atoms with Crippen LogP contribution in [0.1, 0.15) is 36.3 Å². The minimum Gasteiger partial charge on any atom is -0.466 e. The Bertz CT molecular complexity index is 423. The molecule has 1 aromatic heterocycles. The van der Waals surface area contributed by atoms with Crippen LogP contribution in [0.5, 0.6) is 0 Å². The van der Waals surface area contributed by atoms with Gasteiger partial charge in [0.2, 0.25) is 0 Å². The minimum atomic E-state index is -0.674. The van der Waals surface area contributed by atoms with Gasteiger partial charge in [-0.3, -0.25) is 4.79 Å². The zero-order valence-electron chi connectivity index (χ0n) is 12.4. The van der Waals surface area contributed by atoms with Gasteiger partial charge in [-0.1, -0.05) is 13.8 Å². The number of nitrogens with two attached hydrogens (primary N) is 1. The lowest BCUT2D eigenvalue weighted by molar-refractivity contribution is -0.157. The van der Waals surface area contributed by atoms with Crippen molar-refractivity contribution in [3.05, 3.63) is 15.6 Å². The number of thiazole rings is 1. The lowest BCUT2D eigenvalue weighted by Crippen LogP contribution is -2.46. The molecule has 1 aromatic rings. The zero-order valence-corrected chi connectivity index (χ0v) is 13.3. The van der Waals surface area contributed by atoms with E-state index in [-0.39, 0.29) is 18.4 Å². The Morgan fingerprint density at radius 3 is 2.47 bits per heavy atom. The summed E-state index contributed by atoms with van der Waals surface area (Å²) < 4.78 is 5.23. The number of aryl methyl sites for hydroxylation is 2. The Morgan fingerprint density at radius 1 is 1.47 bits per heavy atom. The van der Waals surface area contributed by atoms with E-state index >= 15 is 0 Å². The standard InChI is InChI=1S/C14H24N2O2S/c1-6-18-13(17)14(8-15,9(2)3)7-12-16-10(4)11(5)19-12/h9H,6-8,15H2,1-5H3. The molecule has 19 heavy (non-hydrogen) atoms. The van der Waals surface area contributed by atoms with Gasteiger partial charge in [0.1, 0.15) is 0 Å². The predicted octanol–water partition coefficient (Wildman–Crippen LogP) is 2.47. The Balaban J connectivity index is 3.06. The molecule has 0 aromatic carbocycles. The topological polar surface area (TPSA) is 65.2 Å². The summed E-state index contributed by atoms with van der Waals surface area (Å²) in [5, 5.41) is 0.960. The van der Waals surface area contributed by atoms with E-state index in [0.717, 1.165) is 10.7 Å². The number of aromatic nitrogens is 1. The van der Waals surface area contributed by atoms with Crippen LogP contribution in [0.2, 0.25) is 0 Å². The van der Waals surface area contributed by atoms with E-state index in [1.165, 1.54) is 4.88 Å². The van der Waals surface area contributed by atoms with E-state index < -0.39 is 5.41 Å². The minimum absolute atomic E-state index is 0.112. The number of hydrogen-bond acceptors (Lipinski definition) is 5. The Morgan fingerprint density at radius 2 is 2.11 bits per heavy atom. The second-order valence-corrected chi connectivity index (χ2v) is 6.45. The molecule has 1 unspecified atom stereocenters. The first-order chi connectivity index (χ1) is 8.87. The highest BCUT2D eigenvalue weighted by Crippen LogP contribution is 2.34. The van der Waals surface area contributed by atoms with E-state index in [4.69, 9.17) is 10.5 Å². The van der Waals surface area contributed by atoms with Crippen LogP contribution in [0.15, 0.2) is 0 Å². The van der Waals surface area contributed by atoms with Crippen molar-refractivity contribution in [2.75, 3.05) is 13.2 Å². The molecule has 2 N–H and O–H groups in total. The molecule has 1 atom stereocenters. The van der Waals surface area contributed by atoms with Crippen LogP contribution in [0.3, 0.4) is 0 Å². The van der Waals surface area contributed by atoms with Gasteiger partial charge in [-0.25, -0.2) is 4.98 Å². The number of ether oxygens (including phenoxy) is 1. The predicted molar refractivity (Wildman–Crippen MR) is 78.3 cm³/mol. The van der Waals surface area contributed by atoms with Gasteiger partial charge >= 0.3 is 5.97 Å². The van der Waals surface area contributed by atoms with Gasteiger partial charge in [0.05, 0.1) is 22.7 Å². The number of hydrogen-bond donors (Lipinski definition) is 1. The smallest absolute Gasteiger partial charge is 0.314 e. The number of nitrogens with zero attached hydrogens (tertiary/aromatic N) is 1. The first-order valence-corrected chi connectivity index (χ1v) is 7.49. The first kappa shape index (κ1) is 16.1. The summed E-state index contributed by atoms with van der Waals surface area (Å²) in [6, 6.07) is 0. The largest absolute Gasteiger partial charge is 0.466 e. The van der Waals surface area contributed by atoms with Gasteiger partial charge in [-0.05, 0) is 26.7 Å². The average molecular weight is 284 g/mol. The van der Waals surface area contributed by atoms with Crippen molar-refractivity contribution in [3.8, 4) is 0 Å². The quantitative estimate of drug-likeness (QED) is 0.815. The number of carbonyl (C=O) groups excluding carboxylic acids is 1. The third-order valence-corrected chi connectivity index (χ3v) is 4.76. The van der Waals surface area contributed by atoms with E-state index in [1.54, 1.807) is 11.3 Å². The molecule has 0 spiro atoms. The second-order valence-electron chi connectivity index (χ2n) is 5.16. The Labute approximate surface area is 119 Å². The molecular formula is C14H24N2O2S. The lowest BCUT2D eigenvalue weighted by atomic mass is 9.74. The van der Waals surface area contributed by atoms with E-state index in [9.17, 15) is 4.79 Å². The molecule has 0 radical (unpaired) electrons. The molecule has 0 amide bonds. The first-order valence-electron chi connectivity index (χ1n) is 6.67. The summed E-state index contributed by atoms with van der Waals surface area (Å²) in [5.41, 5.74) is 6.26. The van der Waals surface area contributed by atoms with Crippen LogP contribution in [0.25, 0.3) is 0 Å². The third-order valence-electron chi connectivity index (χ3n) is 3.69. The van der Waals surface area contributed by atoms with E-state index in [1.807, 2.05) is 34.6 Å². The SMILES string of the molecule is CCOC(=O)C(CN)(Cc1nc(C)c(C)s1)C(C)C. The van der Waals surface area contributed by atoms with Crippen LogP contribution in [0.4, 0.5) is 0 Å². The summed E-state index contributed by atoms with van der Waals surface area (Å²) in [4.78, 5) is 18.0. The maximum Gasteiger partial charge on any atom is 0.314 e. The van der Waals surface area contributed by atoms with Gasteiger partial charge in [-0.15, -0.1) is 11.3 Å². The fraction of sp³-hybridized carbons (Fsp3) is 0.714. The second kappa shape index (κ2) is 6.48. The molecule has 0 aliphatic carbocycles. The fourth-order valence-corrected chi connectivity index (χ4v) is 3.12. The molecule has 5 heteroatoms. The summed E-state index contributed by atoms with van der Waals surface area (Å²) >= 11 is 1.64. The molecular weight excluding hydrogens is 260 g/mol. The maximum absolute atomic E-state index is 12.3. The van der Waals surface area contributed by atoms with Crippen LogP contribution >= 0.6 is 11.3 Å².